The van der Waals surface area contributed by atoms with Gasteiger partial charge >= 0.3 is 0 Å². The van der Waals surface area contributed by atoms with Crippen molar-refractivity contribution in [1.82, 2.24) is 15.0 Å². The second-order valence-electron chi connectivity index (χ2n) is 9.73. The molecular weight excluding hydrogens is 502 g/mol. The van der Waals surface area contributed by atoms with E-state index in [9.17, 15) is 0 Å². The molecule has 0 bridgehead atoms. The van der Waals surface area contributed by atoms with E-state index in [0.717, 1.165) is 38.2 Å². The number of rotatable bonds is 4. The molecule has 41 heavy (non-hydrogen) atoms. The van der Waals surface area contributed by atoms with Gasteiger partial charge in [0, 0.05) is 33.0 Å². The molecule has 0 N–H and O–H groups in total. The van der Waals surface area contributed by atoms with Gasteiger partial charge in [0.15, 0.2) is 17.5 Å². The first-order valence-electron chi connectivity index (χ1n) is 15.7. The van der Waals surface area contributed by atoms with Crippen LogP contribution in [0.3, 0.4) is 0 Å². The number of hydrogen-bond donors (Lipinski definition) is 0. The Morgan fingerprint density at radius 3 is 1.98 bits per heavy atom. The monoisotopic (exact) mass is 530 g/mol. The average molecular weight is 531 g/mol. The van der Waals surface area contributed by atoms with Gasteiger partial charge in [0.05, 0.1) is 6.85 Å². The molecule has 4 heteroatoms. The van der Waals surface area contributed by atoms with Gasteiger partial charge in [0.1, 0.15) is 11.2 Å². The zero-order valence-electron chi connectivity index (χ0n) is 26.6. The lowest BCUT2D eigenvalue weighted by Crippen LogP contribution is -2.00. The van der Waals surface area contributed by atoms with E-state index in [4.69, 9.17) is 26.2 Å². The summed E-state index contributed by atoms with van der Waals surface area (Å²) in [5.74, 6) is 1.56. The van der Waals surface area contributed by atoms with Gasteiger partial charge < -0.3 is 4.42 Å². The van der Waals surface area contributed by atoms with Gasteiger partial charge in [0.2, 0.25) is 0 Å². The normalized spacial score (nSPS) is 13.1. The van der Waals surface area contributed by atoms with E-state index in [2.05, 4.69) is 24.3 Å². The molecule has 8 rings (SSSR count). The fraction of sp³-hybridized carbons (Fsp3) is 0. The predicted molar refractivity (Wildman–Crippen MR) is 166 cm³/mol. The van der Waals surface area contributed by atoms with E-state index >= 15 is 0 Å². The third-order valence-corrected chi connectivity index (χ3v) is 7.20. The largest absolute Gasteiger partial charge is 0.455 e. The van der Waals surface area contributed by atoms with Gasteiger partial charge in [-0.2, -0.15) is 0 Å². The summed E-state index contributed by atoms with van der Waals surface area (Å²) in [7, 11) is 0. The summed E-state index contributed by atoms with van der Waals surface area (Å²) in [6.45, 7) is 0. The molecule has 0 saturated heterocycles. The zero-order chi connectivity index (χ0) is 31.5. The maximum absolute atomic E-state index is 8.52. The maximum atomic E-state index is 8.52. The zero-order valence-corrected chi connectivity index (χ0v) is 21.6. The third kappa shape index (κ3) is 4.14. The third-order valence-electron chi connectivity index (χ3n) is 7.20. The van der Waals surface area contributed by atoms with Crippen LogP contribution in [0.1, 0.15) is 6.85 Å². The van der Waals surface area contributed by atoms with Crippen LogP contribution in [-0.4, -0.2) is 15.0 Å². The van der Waals surface area contributed by atoms with Gasteiger partial charge in [-0.3, -0.25) is 0 Å². The first-order chi connectivity index (χ1) is 22.4. The number of hydrogen-bond acceptors (Lipinski definition) is 4. The second-order valence-corrected chi connectivity index (χ2v) is 9.73. The molecule has 2 aromatic heterocycles. The molecule has 0 fully saturated rings. The molecule has 0 aliphatic rings. The van der Waals surface area contributed by atoms with Gasteiger partial charge in [-0.1, -0.05) is 121 Å². The van der Waals surface area contributed by atoms with Crippen LogP contribution in [0.15, 0.2) is 144 Å². The number of furan rings is 1. The van der Waals surface area contributed by atoms with Crippen molar-refractivity contribution in [3.63, 3.8) is 0 Å². The molecule has 0 radical (unpaired) electrons. The van der Waals surface area contributed by atoms with Crippen molar-refractivity contribution in [3.05, 3.63) is 139 Å². The summed E-state index contributed by atoms with van der Waals surface area (Å²) in [4.78, 5) is 14.6. The van der Waals surface area contributed by atoms with Crippen LogP contribution < -0.4 is 0 Å². The molecule has 0 unspecified atom stereocenters. The van der Waals surface area contributed by atoms with E-state index in [1.54, 1.807) is 12.1 Å². The van der Waals surface area contributed by atoms with Gasteiger partial charge in [-0.05, 0) is 34.5 Å². The van der Waals surface area contributed by atoms with Gasteiger partial charge in [-0.15, -0.1) is 0 Å². The molecule has 0 aliphatic carbocycles. The molecule has 4 nitrogen and oxygen atoms in total. The Kier molecular flexibility index (Phi) is 4.34. The summed E-state index contributed by atoms with van der Waals surface area (Å²) in [6.07, 6.45) is 0. The Hall–Kier alpha value is -5.61. The van der Waals surface area contributed by atoms with Crippen LogP contribution in [0, 0.1) is 0 Å². The maximum Gasteiger partial charge on any atom is 0.164 e. The minimum Gasteiger partial charge on any atom is -0.455 e. The first kappa shape index (κ1) is 18.6. The van der Waals surface area contributed by atoms with Crippen LogP contribution >= 0.6 is 0 Å². The van der Waals surface area contributed by atoms with E-state index in [1.165, 1.54) is 0 Å². The SMILES string of the molecule is [2H]c1c([2H])c([2H])c(-c2cccc3c2oc2cc(-c4nc(-c5ccccc5)nc(-c5ccc6ccccc6c5)n4)ccc23)c([2H])c1[2H]. The van der Waals surface area contributed by atoms with Crippen molar-refractivity contribution in [3.8, 4) is 45.3 Å². The summed E-state index contributed by atoms with van der Waals surface area (Å²) < 4.78 is 47.8. The van der Waals surface area contributed by atoms with E-state index < -0.39 is 18.1 Å². The lowest BCUT2D eigenvalue weighted by Gasteiger charge is -2.09. The standard InChI is InChI=1S/C37H23N3O/c1-3-11-25(12-4-1)30-16-9-17-32-31-21-20-29(23-33(31)41-34(30)32)37-39-35(26-13-5-2-6-14-26)38-36(40-37)28-19-18-24-10-7-8-15-27(24)22-28/h1-23H/i1D,3D,4D,11D,12D. The summed E-state index contributed by atoms with van der Waals surface area (Å²) >= 11 is 0. The average Bonchev–Trinajstić information content (AvgIpc) is 3.48. The molecule has 0 atom stereocenters. The second kappa shape index (κ2) is 9.54. The lowest BCUT2D eigenvalue weighted by molar-refractivity contribution is 0.670. The topological polar surface area (TPSA) is 51.8 Å². The highest BCUT2D eigenvalue weighted by atomic mass is 16.3. The minimum absolute atomic E-state index is 0.0980. The molecule has 2 heterocycles. The number of nitrogens with zero attached hydrogens (tertiary/aromatic N) is 3. The lowest BCUT2D eigenvalue weighted by atomic mass is 10.0. The van der Waals surface area contributed by atoms with Crippen LogP contribution in [0.5, 0.6) is 0 Å². The van der Waals surface area contributed by atoms with Crippen LogP contribution in [0.25, 0.3) is 78.0 Å². The summed E-state index contributed by atoms with van der Waals surface area (Å²) in [5.41, 5.74) is 3.97. The van der Waals surface area contributed by atoms with Crippen molar-refractivity contribution in [2.75, 3.05) is 0 Å². The fourth-order valence-electron chi connectivity index (χ4n) is 5.20. The van der Waals surface area contributed by atoms with Crippen molar-refractivity contribution in [2.45, 2.75) is 0 Å². The minimum atomic E-state index is -0.435. The Morgan fingerprint density at radius 1 is 0.488 bits per heavy atom. The Bertz CT molecular complexity index is 2470. The van der Waals surface area contributed by atoms with Crippen molar-refractivity contribution >= 4 is 32.7 Å². The summed E-state index contributed by atoms with van der Waals surface area (Å²) in [6, 6.07) is 33.4. The smallest absolute Gasteiger partial charge is 0.164 e. The Morgan fingerprint density at radius 2 is 1.17 bits per heavy atom. The highest BCUT2D eigenvalue weighted by molar-refractivity contribution is 6.10. The fourth-order valence-corrected chi connectivity index (χ4v) is 5.20. The molecule has 0 spiro atoms. The predicted octanol–water partition coefficient (Wildman–Crippen LogP) is 9.59. The molecule has 8 aromatic rings. The molecule has 0 amide bonds. The number of benzene rings is 6. The first-order valence-corrected chi connectivity index (χ1v) is 13.2. The number of para-hydroxylation sites is 1. The molecule has 0 saturated carbocycles. The van der Waals surface area contributed by atoms with Gasteiger partial charge in [0.25, 0.3) is 0 Å². The molecular formula is C37H23N3O. The van der Waals surface area contributed by atoms with E-state index in [0.29, 0.717) is 34.2 Å². The van der Waals surface area contributed by atoms with Crippen molar-refractivity contribution in [2.24, 2.45) is 0 Å². The molecule has 0 aliphatic heterocycles. The Balaban J connectivity index is 1.31. The molecule has 6 aromatic carbocycles. The Labute approximate surface area is 243 Å². The highest BCUT2D eigenvalue weighted by Gasteiger charge is 2.16. The number of aromatic nitrogens is 3. The highest BCUT2D eigenvalue weighted by Crippen LogP contribution is 2.37. The number of fused-ring (bicyclic) bond motifs is 4. The van der Waals surface area contributed by atoms with E-state index in [-0.39, 0.29) is 17.6 Å². The van der Waals surface area contributed by atoms with Crippen LogP contribution in [0.4, 0.5) is 0 Å². The quantitative estimate of drug-likeness (QED) is 0.227. The van der Waals surface area contributed by atoms with Crippen molar-refractivity contribution in [1.29, 1.82) is 0 Å². The van der Waals surface area contributed by atoms with E-state index in [1.807, 2.05) is 72.8 Å². The summed E-state index contributed by atoms with van der Waals surface area (Å²) in [5, 5.41) is 3.80. The van der Waals surface area contributed by atoms with Crippen LogP contribution in [-0.2, 0) is 0 Å². The van der Waals surface area contributed by atoms with Crippen LogP contribution in [0.2, 0.25) is 0 Å². The van der Waals surface area contributed by atoms with Crippen molar-refractivity contribution < 1.29 is 11.3 Å². The van der Waals surface area contributed by atoms with Gasteiger partial charge in [-0.25, -0.2) is 15.0 Å². The molecule has 192 valence electrons.